The zero-order chi connectivity index (χ0) is 17.8. The lowest BCUT2D eigenvalue weighted by molar-refractivity contribution is 0.242. The van der Waals surface area contributed by atoms with Gasteiger partial charge in [-0.25, -0.2) is 4.98 Å². The van der Waals surface area contributed by atoms with Gasteiger partial charge in [0.05, 0.1) is 19.0 Å². The molecule has 0 N–H and O–H groups in total. The van der Waals surface area contributed by atoms with Crippen molar-refractivity contribution in [2.75, 3.05) is 42.6 Å². The van der Waals surface area contributed by atoms with Gasteiger partial charge in [0.15, 0.2) is 5.82 Å². The largest absolute Gasteiger partial charge is 0.476 e. The lowest BCUT2D eigenvalue weighted by Crippen LogP contribution is -2.31. The van der Waals surface area contributed by atoms with Gasteiger partial charge in [0, 0.05) is 37.7 Å². The van der Waals surface area contributed by atoms with Crippen LogP contribution in [0.3, 0.4) is 0 Å². The molecule has 0 unspecified atom stereocenters. The molecule has 0 spiro atoms. The Kier molecular flexibility index (Phi) is 5.48. The monoisotopic (exact) mass is 374 g/mol. The molecule has 2 fully saturated rings. The van der Waals surface area contributed by atoms with Crippen LogP contribution in [-0.4, -0.2) is 52.1 Å². The first kappa shape index (κ1) is 17.5. The van der Waals surface area contributed by atoms with Gasteiger partial charge >= 0.3 is 0 Å². The van der Waals surface area contributed by atoms with E-state index in [0.29, 0.717) is 11.8 Å². The van der Waals surface area contributed by atoms with Gasteiger partial charge < -0.3 is 14.5 Å². The van der Waals surface area contributed by atoms with Crippen LogP contribution in [0, 0.1) is 12.8 Å². The van der Waals surface area contributed by atoms with E-state index in [9.17, 15) is 0 Å². The van der Waals surface area contributed by atoms with E-state index in [1.54, 1.807) is 6.20 Å². The molecule has 8 heteroatoms. The molecule has 0 atom stereocenters. The maximum atomic E-state index is 5.92. The van der Waals surface area contributed by atoms with Crippen LogP contribution in [0.1, 0.15) is 37.9 Å². The van der Waals surface area contributed by atoms with Crippen LogP contribution in [0.2, 0.25) is 0 Å². The Labute approximate surface area is 158 Å². The maximum Gasteiger partial charge on any atom is 0.234 e. The summed E-state index contributed by atoms with van der Waals surface area (Å²) in [7, 11) is 0. The fourth-order valence-electron chi connectivity index (χ4n) is 3.69. The number of aryl methyl sites for hydroxylation is 1. The predicted molar refractivity (Wildman–Crippen MR) is 103 cm³/mol. The predicted octanol–water partition coefficient (Wildman–Crippen LogP) is 2.92. The van der Waals surface area contributed by atoms with E-state index in [1.807, 2.05) is 13.1 Å². The second kappa shape index (κ2) is 8.16. The maximum absolute atomic E-state index is 5.92. The number of ether oxygens (including phenoxy) is 1. The first-order valence-corrected chi connectivity index (χ1v) is 10.3. The lowest BCUT2D eigenvalue weighted by atomic mass is 10.1. The van der Waals surface area contributed by atoms with Crippen LogP contribution in [-0.2, 0) is 0 Å². The van der Waals surface area contributed by atoms with Crippen LogP contribution < -0.4 is 14.5 Å². The molecule has 2 aliphatic rings. The van der Waals surface area contributed by atoms with Gasteiger partial charge in [-0.05, 0) is 32.1 Å². The lowest BCUT2D eigenvalue weighted by Gasteiger charge is -2.22. The van der Waals surface area contributed by atoms with Gasteiger partial charge in [-0.15, -0.1) is 0 Å². The van der Waals surface area contributed by atoms with Crippen LogP contribution in [0.15, 0.2) is 12.4 Å². The molecular weight excluding hydrogens is 348 g/mol. The fraction of sp³-hybridized carbons (Fsp3) is 0.667. The summed E-state index contributed by atoms with van der Waals surface area (Å²) in [4.78, 5) is 18.2. The highest BCUT2D eigenvalue weighted by Gasteiger charge is 2.20. The molecule has 4 rings (SSSR count). The van der Waals surface area contributed by atoms with Gasteiger partial charge in [-0.2, -0.15) is 9.36 Å². The molecule has 7 nitrogen and oxygen atoms in total. The normalized spacial score (nSPS) is 19.0. The highest BCUT2D eigenvalue weighted by molar-refractivity contribution is 7.09. The SMILES string of the molecule is Cc1nsc(N2CCCN(c3cncc(OCC4CCCC4)n3)CC2)n1. The minimum Gasteiger partial charge on any atom is -0.476 e. The zero-order valence-electron chi connectivity index (χ0n) is 15.3. The first-order valence-electron chi connectivity index (χ1n) is 9.53. The summed E-state index contributed by atoms with van der Waals surface area (Å²) in [6, 6.07) is 0. The molecule has 2 aromatic heterocycles. The molecule has 1 aliphatic heterocycles. The van der Waals surface area contributed by atoms with Crippen molar-refractivity contribution in [1.29, 1.82) is 0 Å². The Hall–Kier alpha value is -1.96. The summed E-state index contributed by atoms with van der Waals surface area (Å²) in [6.45, 7) is 6.49. The van der Waals surface area contributed by atoms with E-state index in [-0.39, 0.29) is 0 Å². The standard InChI is InChI=1S/C18H26N6OS/c1-14-20-18(26-22-14)24-8-4-7-23(9-10-24)16-11-19-12-17(21-16)25-13-15-5-2-3-6-15/h11-12,15H,2-10,13H2,1H3. The summed E-state index contributed by atoms with van der Waals surface area (Å²) in [5.74, 6) is 3.09. The molecule has 3 heterocycles. The fourth-order valence-corrected chi connectivity index (χ4v) is 4.42. The average molecular weight is 375 g/mol. The van der Waals surface area contributed by atoms with Crippen LogP contribution in [0.25, 0.3) is 0 Å². The molecule has 2 aromatic rings. The summed E-state index contributed by atoms with van der Waals surface area (Å²) in [6.07, 6.45) is 9.85. The smallest absolute Gasteiger partial charge is 0.234 e. The molecule has 1 saturated carbocycles. The average Bonchev–Trinajstić information content (AvgIpc) is 3.27. The molecule has 140 valence electrons. The van der Waals surface area contributed by atoms with Crippen molar-refractivity contribution in [3.8, 4) is 5.88 Å². The summed E-state index contributed by atoms with van der Waals surface area (Å²) >= 11 is 1.48. The number of rotatable bonds is 5. The number of anilines is 2. The zero-order valence-corrected chi connectivity index (χ0v) is 16.1. The highest BCUT2D eigenvalue weighted by Crippen LogP contribution is 2.26. The topological polar surface area (TPSA) is 67.3 Å². The summed E-state index contributed by atoms with van der Waals surface area (Å²) in [5.41, 5.74) is 0. The van der Waals surface area contributed by atoms with Crippen molar-refractivity contribution in [3.05, 3.63) is 18.2 Å². The molecule has 0 aromatic carbocycles. The Morgan fingerprint density at radius 2 is 1.85 bits per heavy atom. The Bertz CT molecular complexity index is 717. The van der Waals surface area contributed by atoms with Crippen LogP contribution in [0.5, 0.6) is 5.88 Å². The van der Waals surface area contributed by atoms with Crippen molar-refractivity contribution in [2.24, 2.45) is 5.92 Å². The summed E-state index contributed by atoms with van der Waals surface area (Å²) < 4.78 is 10.2. The van der Waals surface area contributed by atoms with Crippen LogP contribution >= 0.6 is 11.5 Å². The Morgan fingerprint density at radius 3 is 2.65 bits per heavy atom. The second-order valence-corrected chi connectivity index (χ2v) is 7.86. The van der Waals surface area contributed by atoms with Crippen molar-refractivity contribution in [2.45, 2.75) is 39.0 Å². The van der Waals surface area contributed by atoms with Crippen molar-refractivity contribution >= 4 is 22.5 Å². The number of hydrogen-bond donors (Lipinski definition) is 0. The molecule has 0 bridgehead atoms. The van der Waals surface area contributed by atoms with E-state index in [2.05, 4.69) is 24.1 Å². The first-order chi connectivity index (χ1) is 12.8. The van der Waals surface area contributed by atoms with E-state index >= 15 is 0 Å². The van der Waals surface area contributed by atoms with Gasteiger partial charge in [0.2, 0.25) is 11.0 Å². The molecular formula is C18H26N6OS. The third-order valence-corrected chi connectivity index (χ3v) is 6.02. The van der Waals surface area contributed by atoms with Crippen LogP contribution in [0.4, 0.5) is 10.9 Å². The van der Waals surface area contributed by atoms with Gasteiger partial charge in [-0.1, -0.05) is 12.8 Å². The molecule has 0 radical (unpaired) electrons. The number of hydrogen-bond acceptors (Lipinski definition) is 8. The van der Waals surface area contributed by atoms with Crippen molar-refractivity contribution < 1.29 is 4.74 Å². The minimum absolute atomic E-state index is 0.648. The number of aromatic nitrogens is 4. The second-order valence-electron chi connectivity index (χ2n) is 7.13. The molecule has 1 aliphatic carbocycles. The third-order valence-electron chi connectivity index (χ3n) is 5.15. The highest BCUT2D eigenvalue weighted by atomic mass is 32.1. The van der Waals surface area contributed by atoms with Crippen molar-refractivity contribution in [1.82, 2.24) is 19.3 Å². The van der Waals surface area contributed by atoms with E-state index in [4.69, 9.17) is 9.72 Å². The molecule has 0 amide bonds. The Morgan fingerprint density at radius 1 is 1.04 bits per heavy atom. The van der Waals surface area contributed by atoms with Crippen molar-refractivity contribution in [3.63, 3.8) is 0 Å². The molecule has 1 saturated heterocycles. The van der Waals surface area contributed by atoms with E-state index in [1.165, 1.54) is 37.2 Å². The van der Waals surface area contributed by atoms with Gasteiger partial charge in [-0.3, -0.25) is 4.98 Å². The minimum atomic E-state index is 0.648. The third kappa shape index (κ3) is 4.23. The summed E-state index contributed by atoms with van der Waals surface area (Å²) in [5, 5.41) is 1.02. The van der Waals surface area contributed by atoms with E-state index < -0.39 is 0 Å². The van der Waals surface area contributed by atoms with Gasteiger partial charge in [0.1, 0.15) is 5.82 Å². The Balaban J connectivity index is 1.37. The van der Waals surface area contributed by atoms with E-state index in [0.717, 1.165) is 56.0 Å². The number of nitrogens with zero attached hydrogens (tertiary/aromatic N) is 6. The molecule has 26 heavy (non-hydrogen) atoms. The quantitative estimate of drug-likeness (QED) is 0.797. The van der Waals surface area contributed by atoms with Gasteiger partial charge in [0.25, 0.3) is 0 Å².